The van der Waals surface area contributed by atoms with Gasteiger partial charge in [0.2, 0.25) is 0 Å². The number of nitrogens with one attached hydrogen (secondary N) is 1. The molecule has 0 aromatic rings. The van der Waals surface area contributed by atoms with Crippen molar-refractivity contribution in [1.29, 1.82) is 0 Å². The summed E-state index contributed by atoms with van der Waals surface area (Å²) in [6, 6.07) is 0. The van der Waals surface area contributed by atoms with Gasteiger partial charge in [0, 0.05) is 7.97 Å². The Morgan fingerprint density at radius 2 is 2.11 bits per heavy atom. The highest BCUT2D eigenvalue weighted by Crippen LogP contribution is 2.32. The maximum Gasteiger partial charge on any atom is 0.000808 e. The molecule has 1 fully saturated rings. The van der Waals surface area contributed by atoms with E-state index in [-0.39, 0.29) is 1.43 Å². The zero-order valence-electron chi connectivity index (χ0n) is 6.54. The van der Waals surface area contributed by atoms with E-state index in [1.807, 2.05) is 0 Å². The molecule has 0 amide bonds. The zero-order chi connectivity index (χ0) is 6.74. The van der Waals surface area contributed by atoms with Crippen molar-refractivity contribution in [2.24, 2.45) is 5.41 Å². The minimum absolute atomic E-state index is 0. The van der Waals surface area contributed by atoms with Crippen LogP contribution in [0.25, 0.3) is 0 Å². The Morgan fingerprint density at radius 3 is 2.33 bits per heavy atom. The van der Waals surface area contributed by atoms with Crippen LogP contribution in [-0.2, 0) is 0 Å². The van der Waals surface area contributed by atoms with Crippen LogP contribution in [0.15, 0.2) is 0 Å². The number of rotatable bonds is 2. The van der Waals surface area contributed by atoms with E-state index in [9.17, 15) is 0 Å². The van der Waals surface area contributed by atoms with Crippen LogP contribution in [0.1, 0.15) is 34.5 Å². The molecule has 1 saturated heterocycles. The fourth-order valence-electron chi connectivity index (χ4n) is 1.65. The number of hydrogen-bond donors (Lipinski definition) is 1. The molecule has 9 heavy (non-hydrogen) atoms. The zero-order valence-corrected chi connectivity index (χ0v) is 6.54. The lowest BCUT2D eigenvalue weighted by molar-refractivity contribution is 0.297. The Labute approximate surface area is 59.3 Å². The highest BCUT2D eigenvalue weighted by atomic mass is 14.9. The van der Waals surface area contributed by atoms with E-state index in [2.05, 4.69) is 19.2 Å². The molecular weight excluding hydrogens is 110 g/mol. The van der Waals surface area contributed by atoms with Gasteiger partial charge in [-0.1, -0.05) is 13.8 Å². The lowest BCUT2D eigenvalue weighted by Crippen LogP contribution is -2.21. The topological polar surface area (TPSA) is 12.0 Å². The summed E-state index contributed by atoms with van der Waals surface area (Å²) in [6.07, 6.45) is 4.08. The van der Waals surface area contributed by atoms with Crippen molar-refractivity contribution in [3.05, 3.63) is 0 Å². The molecule has 1 aliphatic heterocycles. The van der Waals surface area contributed by atoms with Crippen LogP contribution in [-0.4, -0.2) is 13.1 Å². The van der Waals surface area contributed by atoms with E-state index in [1.54, 1.807) is 0 Å². The summed E-state index contributed by atoms with van der Waals surface area (Å²) in [5.74, 6) is 0. The molecule has 0 bridgehead atoms. The van der Waals surface area contributed by atoms with Crippen LogP contribution >= 0.6 is 0 Å². The van der Waals surface area contributed by atoms with E-state index in [0.29, 0.717) is 5.41 Å². The quantitative estimate of drug-likeness (QED) is 0.601. The third kappa shape index (κ3) is 1.26. The molecule has 0 saturated carbocycles. The lowest BCUT2D eigenvalue weighted by atomic mass is 9.82. The maximum atomic E-state index is 3.42. The van der Waals surface area contributed by atoms with Gasteiger partial charge < -0.3 is 5.32 Å². The first-order valence-electron chi connectivity index (χ1n) is 4.04. The first-order valence-corrected chi connectivity index (χ1v) is 4.04. The van der Waals surface area contributed by atoms with Gasteiger partial charge in [0.05, 0.1) is 0 Å². The van der Waals surface area contributed by atoms with Gasteiger partial charge in [-0.05, 0) is 31.2 Å². The second-order valence-corrected chi connectivity index (χ2v) is 3.13. The summed E-state index contributed by atoms with van der Waals surface area (Å²) < 4.78 is 0. The normalized spacial score (nSPS) is 24.7. The SMILES string of the molecule is CCC1(CC)CCNC1.[HH]. The first-order chi connectivity index (χ1) is 4.33. The van der Waals surface area contributed by atoms with Crippen molar-refractivity contribution < 1.29 is 1.43 Å². The summed E-state index contributed by atoms with van der Waals surface area (Å²) in [4.78, 5) is 0. The average Bonchev–Trinajstić information content (AvgIpc) is 2.36. The minimum Gasteiger partial charge on any atom is -0.316 e. The minimum atomic E-state index is 0. The molecular formula is C8H19N. The summed E-state index contributed by atoms with van der Waals surface area (Å²) in [5, 5.41) is 3.42. The molecule has 0 aromatic heterocycles. The lowest BCUT2D eigenvalue weighted by Gasteiger charge is -2.23. The van der Waals surface area contributed by atoms with Gasteiger partial charge in [0.25, 0.3) is 0 Å². The molecule has 0 spiro atoms. The van der Waals surface area contributed by atoms with Crippen molar-refractivity contribution in [2.45, 2.75) is 33.1 Å². The molecule has 0 aromatic carbocycles. The molecule has 0 unspecified atom stereocenters. The van der Waals surface area contributed by atoms with Crippen LogP contribution in [0.3, 0.4) is 0 Å². The van der Waals surface area contributed by atoms with Gasteiger partial charge >= 0.3 is 0 Å². The molecule has 0 aliphatic carbocycles. The van der Waals surface area contributed by atoms with Crippen molar-refractivity contribution >= 4 is 0 Å². The largest absolute Gasteiger partial charge is 0.316 e. The van der Waals surface area contributed by atoms with Gasteiger partial charge in [-0.3, -0.25) is 0 Å². The maximum absolute atomic E-state index is 3.42. The van der Waals surface area contributed by atoms with Crippen molar-refractivity contribution in [1.82, 2.24) is 5.32 Å². The predicted molar refractivity (Wildman–Crippen MR) is 42.6 cm³/mol. The fourth-order valence-corrected chi connectivity index (χ4v) is 1.65. The summed E-state index contributed by atoms with van der Waals surface area (Å²) >= 11 is 0. The van der Waals surface area contributed by atoms with E-state index in [1.165, 1.54) is 32.4 Å². The molecule has 0 radical (unpaired) electrons. The summed E-state index contributed by atoms with van der Waals surface area (Å²) in [5.41, 5.74) is 0.667. The van der Waals surface area contributed by atoms with Gasteiger partial charge in [0.1, 0.15) is 0 Å². The predicted octanol–water partition coefficient (Wildman–Crippen LogP) is 2.03. The third-order valence-corrected chi connectivity index (χ3v) is 2.83. The van der Waals surface area contributed by atoms with Crippen LogP contribution in [0.4, 0.5) is 0 Å². The number of hydrogen-bond acceptors (Lipinski definition) is 1. The van der Waals surface area contributed by atoms with E-state index < -0.39 is 0 Å². The summed E-state index contributed by atoms with van der Waals surface area (Å²) in [6.45, 7) is 7.09. The van der Waals surface area contributed by atoms with Gasteiger partial charge in [-0.25, -0.2) is 0 Å². The van der Waals surface area contributed by atoms with Gasteiger partial charge in [-0.15, -0.1) is 0 Å². The molecule has 56 valence electrons. The van der Waals surface area contributed by atoms with E-state index >= 15 is 0 Å². The first kappa shape index (κ1) is 7.07. The van der Waals surface area contributed by atoms with Crippen molar-refractivity contribution in [2.75, 3.05) is 13.1 Å². The molecule has 1 nitrogen and oxygen atoms in total. The molecule has 1 N–H and O–H groups in total. The van der Waals surface area contributed by atoms with Crippen LogP contribution in [0, 0.1) is 5.41 Å². The highest BCUT2D eigenvalue weighted by Gasteiger charge is 2.29. The van der Waals surface area contributed by atoms with Crippen LogP contribution < -0.4 is 5.32 Å². The molecule has 1 heteroatoms. The Bertz CT molecular complexity index is 81.3. The van der Waals surface area contributed by atoms with E-state index in [0.717, 1.165) is 0 Å². The third-order valence-electron chi connectivity index (χ3n) is 2.83. The van der Waals surface area contributed by atoms with Crippen molar-refractivity contribution in [3.63, 3.8) is 0 Å². The standard InChI is InChI=1S/C8H17N.H2/c1-3-8(4-2)5-6-9-7-8;/h9H,3-7H2,1-2H3;1H. The molecule has 0 atom stereocenters. The smallest absolute Gasteiger partial charge is 0.000808 e. The van der Waals surface area contributed by atoms with Crippen LogP contribution in [0.5, 0.6) is 0 Å². The summed E-state index contributed by atoms with van der Waals surface area (Å²) in [7, 11) is 0. The highest BCUT2D eigenvalue weighted by molar-refractivity contribution is 4.84. The van der Waals surface area contributed by atoms with Gasteiger partial charge in [0.15, 0.2) is 0 Å². The average molecular weight is 129 g/mol. The Kier molecular flexibility index (Phi) is 2.12. The van der Waals surface area contributed by atoms with Gasteiger partial charge in [-0.2, -0.15) is 0 Å². The molecule has 1 heterocycles. The van der Waals surface area contributed by atoms with E-state index in [4.69, 9.17) is 0 Å². The molecule has 1 aliphatic rings. The Morgan fingerprint density at radius 1 is 1.44 bits per heavy atom. The van der Waals surface area contributed by atoms with Crippen molar-refractivity contribution in [3.8, 4) is 0 Å². The molecule has 1 rings (SSSR count). The Hall–Kier alpha value is -0.0400. The monoisotopic (exact) mass is 129 g/mol. The Balaban J connectivity index is 0.000000810. The van der Waals surface area contributed by atoms with Crippen LogP contribution in [0.2, 0.25) is 0 Å². The second-order valence-electron chi connectivity index (χ2n) is 3.13. The fraction of sp³-hybridized carbons (Fsp3) is 1.00. The second kappa shape index (κ2) is 2.70.